The van der Waals surface area contributed by atoms with Gasteiger partial charge in [-0.2, -0.15) is 0 Å². The molecule has 6 heteroatoms. The monoisotopic (exact) mass is 374 g/mol. The Morgan fingerprint density at radius 2 is 1.68 bits per heavy atom. The lowest BCUT2D eigenvalue weighted by molar-refractivity contribution is 0.0950. The molecule has 28 heavy (non-hydrogen) atoms. The number of nitrogens with zero attached hydrogens (tertiary/aromatic N) is 3. The maximum Gasteiger partial charge on any atom is 0.251 e. The number of anilines is 1. The van der Waals surface area contributed by atoms with Crippen LogP contribution in [0.2, 0.25) is 0 Å². The Balaban J connectivity index is 1.38. The molecule has 0 aliphatic carbocycles. The van der Waals surface area contributed by atoms with Gasteiger partial charge in [-0.15, -0.1) is 0 Å². The summed E-state index contributed by atoms with van der Waals surface area (Å²) in [6.07, 6.45) is 1.73. The molecule has 0 atom stereocenters. The Labute approximate surface area is 164 Å². The van der Waals surface area contributed by atoms with Gasteiger partial charge in [0.05, 0.1) is 19.8 Å². The molecule has 142 valence electrons. The standard InChI is InChI=1S/C22H22N4O2/c27-22(19-8-6-18(7-9-19)17-4-2-1-3-5-17)24-16-20-23-11-10-21(25-20)26-12-14-28-15-13-26/h1-11H,12-16H2,(H,24,27). The number of benzene rings is 2. The summed E-state index contributed by atoms with van der Waals surface area (Å²) >= 11 is 0. The van der Waals surface area contributed by atoms with E-state index < -0.39 is 0 Å². The van der Waals surface area contributed by atoms with Crippen molar-refractivity contribution < 1.29 is 9.53 Å². The summed E-state index contributed by atoms with van der Waals surface area (Å²) in [7, 11) is 0. The first-order valence-corrected chi connectivity index (χ1v) is 9.38. The van der Waals surface area contributed by atoms with E-state index in [1.165, 1.54) is 0 Å². The van der Waals surface area contributed by atoms with Crippen LogP contribution in [0.4, 0.5) is 5.82 Å². The maximum absolute atomic E-state index is 12.5. The number of hydrogen-bond donors (Lipinski definition) is 1. The average Bonchev–Trinajstić information content (AvgIpc) is 2.79. The lowest BCUT2D eigenvalue weighted by Crippen LogP contribution is -2.37. The number of carbonyl (C=O) groups excluding carboxylic acids is 1. The molecule has 0 radical (unpaired) electrons. The topological polar surface area (TPSA) is 67.4 Å². The number of nitrogens with one attached hydrogen (secondary N) is 1. The van der Waals surface area contributed by atoms with E-state index in [0.29, 0.717) is 24.6 Å². The van der Waals surface area contributed by atoms with Crippen molar-refractivity contribution in [3.63, 3.8) is 0 Å². The van der Waals surface area contributed by atoms with Crippen molar-refractivity contribution in [2.24, 2.45) is 0 Å². The summed E-state index contributed by atoms with van der Waals surface area (Å²) in [5.41, 5.74) is 2.82. The van der Waals surface area contributed by atoms with E-state index in [4.69, 9.17) is 4.74 Å². The van der Waals surface area contributed by atoms with E-state index in [-0.39, 0.29) is 12.5 Å². The molecule has 0 saturated carbocycles. The maximum atomic E-state index is 12.5. The molecular formula is C22H22N4O2. The summed E-state index contributed by atoms with van der Waals surface area (Å²) in [4.78, 5) is 23.5. The van der Waals surface area contributed by atoms with E-state index >= 15 is 0 Å². The van der Waals surface area contributed by atoms with Crippen molar-refractivity contribution in [3.05, 3.63) is 78.2 Å². The summed E-state index contributed by atoms with van der Waals surface area (Å²) in [5, 5.41) is 2.90. The highest BCUT2D eigenvalue weighted by Crippen LogP contribution is 2.19. The third-order valence-corrected chi connectivity index (χ3v) is 4.69. The van der Waals surface area contributed by atoms with Gasteiger partial charge in [-0.05, 0) is 29.3 Å². The van der Waals surface area contributed by atoms with Crippen LogP contribution in [0.15, 0.2) is 66.9 Å². The Morgan fingerprint density at radius 3 is 2.43 bits per heavy atom. The highest BCUT2D eigenvalue weighted by molar-refractivity contribution is 5.94. The smallest absolute Gasteiger partial charge is 0.251 e. The molecule has 6 nitrogen and oxygen atoms in total. The van der Waals surface area contributed by atoms with Gasteiger partial charge in [0.2, 0.25) is 0 Å². The SMILES string of the molecule is O=C(NCc1nccc(N2CCOCC2)n1)c1ccc(-c2ccccc2)cc1. The van der Waals surface area contributed by atoms with Crippen molar-refractivity contribution in [3.8, 4) is 11.1 Å². The molecule has 1 aromatic heterocycles. The third kappa shape index (κ3) is 4.35. The number of ether oxygens (including phenoxy) is 1. The fourth-order valence-electron chi connectivity index (χ4n) is 3.15. The highest BCUT2D eigenvalue weighted by atomic mass is 16.5. The molecule has 1 N–H and O–H groups in total. The van der Waals surface area contributed by atoms with Gasteiger partial charge in [-0.3, -0.25) is 4.79 Å². The third-order valence-electron chi connectivity index (χ3n) is 4.69. The molecule has 1 saturated heterocycles. The van der Waals surface area contributed by atoms with E-state index in [9.17, 15) is 4.79 Å². The van der Waals surface area contributed by atoms with Crippen LogP contribution in [0.5, 0.6) is 0 Å². The van der Waals surface area contributed by atoms with E-state index in [0.717, 1.165) is 30.0 Å². The van der Waals surface area contributed by atoms with Crippen LogP contribution >= 0.6 is 0 Å². The van der Waals surface area contributed by atoms with Gasteiger partial charge in [0.15, 0.2) is 0 Å². The average molecular weight is 374 g/mol. The second-order valence-electron chi connectivity index (χ2n) is 6.56. The van der Waals surface area contributed by atoms with Crippen LogP contribution in [0, 0.1) is 0 Å². The number of rotatable bonds is 5. The first-order valence-electron chi connectivity index (χ1n) is 9.38. The van der Waals surface area contributed by atoms with Crippen molar-refractivity contribution in [2.45, 2.75) is 6.54 Å². The highest BCUT2D eigenvalue weighted by Gasteiger charge is 2.13. The first-order chi connectivity index (χ1) is 13.8. The van der Waals surface area contributed by atoms with Gasteiger partial charge in [-0.25, -0.2) is 9.97 Å². The molecule has 0 unspecified atom stereocenters. The molecule has 1 aliphatic rings. The summed E-state index contributed by atoms with van der Waals surface area (Å²) < 4.78 is 5.37. The quantitative estimate of drug-likeness (QED) is 0.744. The number of aromatic nitrogens is 2. The Kier molecular flexibility index (Phi) is 5.58. The van der Waals surface area contributed by atoms with Gasteiger partial charge in [0.25, 0.3) is 5.91 Å². The molecule has 4 rings (SSSR count). The van der Waals surface area contributed by atoms with Crippen molar-refractivity contribution in [1.29, 1.82) is 0 Å². The van der Waals surface area contributed by atoms with Gasteiger partial charge in [-0.1, -0.05) is 42.5 Å². The summed E-state index contributed by atoms with van der Waals surface area (Å²) in [6, 6.07) is 19.6. The predicted molar refractivity (Wildman–Crippen MR) is 108 cm³/mol. The van der Waals surface area contributed by atoms with Crippen molar-refractivity contribution >= 4 is 11.7 Å². The molecule has 3 aromatic rings. The van der Waals surface area contributed by atoms with Crippen molar-refractivity contribution in [1.82, 2.24) is 15.3 Å². The minimum atomic E-state index is -0.139. The van der Waals surface area contributed by atoms with Gasteiger partial charge < -0.3 is 15.0 Å². The van der Waals surface area contributed by atoms with Crippen LogP contribution in [0.1, 0.15) is 16.2 Å². The Morgan fingerprint density at radius 1 is 0.964 bits per heavy atom. The molecule has 1 aliphatic heterocycles. The fraction of sp³-hybridized carbons (Fsp3) is 0.227. The lowest BCUT2D eigenvalue weighted by Gasteiger charge is -2.27. The van der Waals surface area contributed by atoms with Crippen LogP contribution in [0.3, 0.4) is 0 Å². The van der Waals surface area contributed by atoms with Crippen LogP contribution in [0.25, 0.3) is 11.1 Å². The Bertz CT molecular complexity index is 923. The number of carbonyl (C=O) groups is 1. The van der Waals surface area contributed by atoms with Crippen LogP contribution in [-0.4, -0.2) is 42.2 Å². The van der Waals surface area contributed by atoms with Gasteiger partial charge in [0.1, 0.15) is 11.6 Å². The number of morpholine rings is 1. The predicted octanol–water partition coefficient (Wildman–Crippen LogP) is 2.91. The van der Waals surface area contributed by atoms with E-state index in [1.807, 2.05) is 60.7 Å². The summed E-state index contributed by atoms with van der Waals surface area (Å²) in [6.45, 7) is 3.33. The van der Waals surface area contributed by atoms with Gasteiger partial charge >= 0.3 is 0 Å². The van der Waals surface area contributed by atoms with E-state index in [2.05, 4.69) is 20.2 Å². The van der Waals surface area contributed by atoms with Gasteiger partial charge in [0, 0.05) is 24.8 Å². The normalized spacial score (nSPS) is 13.9. The zero-order valence-corrected chi connectivity index (χ0v) is 15.5. The second-order valence-corrected chi connectivity index (χ2v) is 6.56. The molecule has 1 fully saturated rings. The van der Waals surface area contributed by atoms with Crippen LogP contribution in [-0.2, 0) is 11.3 Å². The lowest BCUT2D eigenvalue weighted by atomic mass is 10.0. The minimum absolute atomic E-state index is 0.139. The van der Waals surface area contributed by atoms with E-state index in [1.54, 1.807) is 6.20 Å². The molecule has 0 bridgehead atoms. The largest absolute Gasteiger partial charge is 0.378 e. The molecule has 1 amide bonds. The summed E-state index contributed by atoms with van der Waals surface area (Å²) in [5.74, 6) is 1.33. The molecule has 2 aromatic carbocycles. The number of hydrogen-bond acceptors (Lipinski definition) is 5. The zero-order valence-electron chi connectivity index (χ0n) is 15.5. The molecular weight excluding hydrogens is 352 g/mol. The fourth-order valence-corrected chi connectivity index (χ4v) is 3.15. The Hall–Kier alpha value is -3.25. The second kappa shape index (κ2) is 8.63. The molecule has 2 heterocycles. The first kappa shape index (κ1) is 18.1. The van der Waals surface area contributed by atoms with Crippen molar-refractivity contribution in [2.75, 3.05) is 31.2 Å². The zero-order chi connectivity index (χ0) is 19.2. The molecule has 0 spiro atoms. The number of amides is 1. The van der Waals surface area contributed by atoms with Crippen LogP contribution < -0.4 is 10.2 Å². The minimum Gasteiger partial charge on any atom is -0.378 e.